The highest BCUT2D eigenvalue weighted by molar-refractivity contribution is 5.55. The number of rotatable bonds is 3. The fourth-order valence-corrected chi connectivity index (χ4v) is 1.98. The van der Waals surface area contributed by atoms with Crippen LogP contribution in [-0.2, 0) is 0 Å². The average molecular weight is 258 g/mol. The van der Waals surface area contributed by atoms with Crippen LogP contribution in [0.1, 0.15) is 12.1 Å². The van der Waals surface area contributed by atoms with E-state index in [9.17, 15) is 4.39 Å². The van der Waals surface area contributed by atoms with Crippen molar-refractivity contribution in [3.63, 3.8) is 0 Å². The standard InChI is InChI=1S/C14H15FN4/c1-10-9-13(19-7-2-8-19)18-14(16-10)17-12-5-3-11(15)4-6-12/h3-6,9H,2,7-8H2,1H3,(H,16,17,18). The van der Waals surface area contributed by atoms with Gasteiger partial charge in [-0.3, -0.25) is 0 Å². The Bertz CT molecular complexity index is 578. The molecule has 0 unspecified atom stereocenters. The summed E-state index contributed by atoms with van der Waals surface area (Å²) in [4.78, 5) is 11.0. The van der Waals surface area contributed by atoms with E-state index in [0.717, 1.165) is 30.3 Å². The minimum atomic E-state index is -0.253. The zero-order valence-electron chi connectivity index (χ0n) is 10.7. The normalized spacial score (nSPS) is 14.1. The van der Waals surface area contributed by atoms with E-state index in [1.807, 2.05) is 13.0 Å². The molecular weight excluding hydrogens is 243 g/mol. The first-order valence-corrected chi connectivity index (χ1v) is 6.34. The lowest BCUT2D eigenvalue weighted by molar-refractivity contribution is 0.609. The Labute approximate surface area is 111 Å². The third-order valence-corrected chi connectivity index (χ3v) is 3.12. The summed E-state index contributed by atoms with van der Waals surface area (Å²) in [5.74, 6) is 1.24. The van der Waals surface area contributed by atoms with Crippen LogP contribution >= 0.6 is 0 Å². The van der Waals surface area contributed by atoms with Crippen LogP contribution < -0.4 is 10.2 Å². The Morgan fingerprint density at radius 1 is 1.16 bits per heavy atom. The van der Waals surface area contributed by atoms with E-state index in [-0.39, 0.29) is 5.82 Å². The summed E-state index contributed by atoms with van der Waals surface area (Å²) >= 11 is 0. The van der Waals surface area contributed by atoms with Crippen molar-refractivity contribution in [2.24, 2.45) is 0 Å². The van der Waals surface area contributed by atoms with Gasteiger partial charge in [0.1, 0.15) is 11.6 Å². The quantitative estimate of drug-likeness (QED) is 0.919. The lowest BCUT2D eigenvalue weighted by atomic mass is 10.2. The van der Waals surface area contributed by atoms with Crippen LogP contribution in [0.4, 0.5) is 21.8 Å². The lowest BCUT2D eigenvalue weighted by Crippen LogP contribution is -2.37. The maximum atomic E-state index is 12.8. The molecule has 1 aliphatic heterocycles. The van der Waals surface area contributed by atoms with E-state index in [1.54, 1.807) is 12.1 Å². The molecule has 5 heteroatoms. The second kappa shape index (κ2) is 4.84. The highest BCUT2D eigenvalue weighted by atomic mass is 19.1. The van der Waals surface area contributed by atoms with E-state index in [4.69, 9.17) is 0 Å². The predicted octanol–water partition coefficient (Wildman–Crippen LogP) is 2.88. The van der Waals surface area contributed by atoms with Crippen molar-refractivity contribution in [3.05, 3.63) is 41.8 Å². The minimum absolute atomic E-state index is 0.253. The maximum Gasteiger partial charge on any atom is 0.229 e. The molecule has 3 rings (SSSR count). The predicted molar refractivity (Wildman–Crippen MR) is 73.3 cm³/mol. The number of nitrogens with zero attached hydrogens (tertiary/aromatic N) is 3. The van der Waals surface area contributed by atoms with Gasteiger partial charge < -0.3 is 10.2 Å². The van der Waals surface area contributed by atoms with Gasteiger partial charge in [0, 0.05) is 30.5 Å². The molecule has 0 amide bonds. The van der Waals surface area contributed by atoms with E-state index < -0.39 is 0 Å². The van der Waals surface area contributed by atoms with Gasteiger partial charge in [-0.25, -0.2) is 9.37 Å². The topological polar surface area (TPSA) is 41.1 Å². The molecule has 1 aromatic heterocycles. The van der Waals surface area contributed by atoms with Gasteiger partial charge in [-0.2, -0.15) is 4.98 Å². The van der Waals surface area contributed by atoms with Gasteiger partial charge >= 0.3 is 0 Å². The summed E-state index contributed by atoms with van der Waals surface area (Å²) in [6.07, 6.45) is 1.21. The molecule has 1 aliphatic rings. The summed E-state index contributed by atoms with van der Waals surface area (Å²) in [5.41, 5.74) is 1.70. The van der Waals surface area contributed by atoms with E-state index in [1.165, 1.54) is 18.6 Å². The van der Waals surface area contributed by atoms with Crippen molar-refractivity contribution in [3.8, 4) is 0 Å². The first kappa shape index (κ1) is 11.9. The van der Waals surface area contributed by atoms with Crippen LogP contribution in [0.25, 0.3) is 0 Å². The average Bonchev–Trinajstić information content (AvgIpc) is 2.29. The summed E-state index contributed by atoms with van der Waals surface area (Å²) in [6.45, 7) is 4.04. The Morgan fingerprint density at radius 3 is 2.53 bits per heavy atom. The highest BCUT2D eigenvalue weighted by Gasteiger charge is 2.16. The Kier molecular flexibility index (Phi) is 3.03. The second-order valence-electron chi connectivity index (χ2n) is 4.66. The largest absolute Gasteiger partial charge is 0.356 e. The van der Waals surface area contributed by atoms with Crippen LogP contribution in [0.2, 0.25) is 0 Å². The van der Waals surface area contributed by atoms with Crippen molar-refractivity contribution >= 4 is 17.5 Å². The molecule has 0 spiro atoms. The summed E-state index contributed by atoms with van der Waals surface area (Å²) in [5, 5.41) is 3.10. The van der Waals surface area contributed by atoms with Gasteiger partial charge in [0.05, 0.1) is 0 Å². The van der Waals surface area contributed by atoms with Gasteiger partial charge in [-0.1, -0.05) is 0 Å². The third-order valence-electron chi connectivity index (χ3n) is 3.12. The molecule has 0 saturated carbocycles. The number of anilines is 3. The smallest absolute Gasteiger partial charge is 0.229 e. The molecule has 1 N–H and O–H groups in total. The number of halogens is 1. The third kappa shape index (κ3) is 2.65. The summed E-state index contributed by atoms with van der Waals surface area (Å²) < 4.78 is 12.8. The molecule has 1 saturated heterocycles. The van der Waals surface area contributed by atoms with Crippen molar-refractivity contribution in [2.75, 3.05) is 23.3 Å². The number of nitrogens with one attached hydrogen (secondary N) is 1. The maximum absolute atomic E-state index is 12.8. The Morgan fingerprint density at radius 2 is 1.89 bits per heavy atom. The number of aromatic nitrogens is 2. The molecule has 2 aromatic rings. The van der Waals surface area contributed by atoms with Crippen LogP contribution in [0.5, 0.6) is 0 Å². The first-order chi connectivity index (χ1) is 9.20. The molecular formula is C14H15FN4. The minimum Gasteiger partial charge on any atom is -0.356 e. The summed E-state index contributed by atoms with van der Waals surface area (Å²) in [7, 11) is 0. The lowest BCUT2D eigenvalue weighted by Gasteiger charge is -2.32. The molecule has 98 valence electrons. The van der Waals surface area contributed by atoms with Crippen molar-refractivity contribution in [1.29, 1.82) is 0 Å². The van der Waals surface area contributed by atoms with Crippen LogP contribution in [-0.4, -0.2) is 23.1 Å². The van der Waals surface area contributed by atoms with Crippen molar-refractivity contribution in [2.45, 2.75) is 13.3 Å². The molecule has 0 atom stereocenters. The number of hydrogen-bond acceptors (Lipinski definition) is 4. The zero-order chi connectivity index (χ0) is 13.2. The van der Waals surface area contributed by atoms with Gasteiger partial charge in [-0.05, 0) is 37.6 Å². The van der Waals surface area contributed by atoms with Gasteiger partial charge in [0.25, 0.3) is 0 Å². The number of hydrogen-bond donors (Lipinski definition) is 1. The number of aryl methyl sites for hydroxylation is 1. The zero-order valence-corrected chi connectivity index (χ0v) is 10.7. The van der Waals surface area contributed by atoms with E-state index in [2.05, 4.69) is 20.2 Å². The van der Waals surface area contributed by atoms with Crippen LogP contribution in [0.15, 0.2) is 30.3 Å². The molecule has 19 heavy (non-hydrogen) atoms. The van der Waals surface area contributed by atoms with Crippen LogP contribution in [0, 0.1) is 12.7 Å². The van der Waals surface area contributed by atoms with Crippen LogP contribution in [0.3, 0.4) is 0 Å². The first-order valence-electron chi connectivity index (χ1n) is 6.34. The molecule has 2 heterocycles. The fourth-order valence-electron chi connectivity index (χ4n) is 1.98. The number of benzene rings is 1. The van der Waals surface area contributed by atoms with Gasteiger partial charge in [0.15, 0.2) is 0 Å². The molecule has 1 aromatic carbocycles. The van der Waals surface area contributed by atoms with Gasteiger partial charge in [-0.15, -0.1) is 0 Å². The van der Waals surface area contributed by atoms with Crippen molar-refractivity contribution < 1.29 is 4.39 Å². The second-order valence-corrected chi connectivity index (χ2v) is 4.66. The van der Waals surface area contributed by atoms with E-state index in [0.29, 0.717) is 5.95 Å². The summed E-state index contributed by atoms with van der Waals surface area (Å²) in [6, 6.07) is 8.15. The van der Waals surface area contributed by atoms with Crippen molar-refractivity contribution in [1.82, 2.24) is 9.97 Å². The monoisotopic (exact) mass is 258 g/mol. The molecule has 4 nitrogen and oxygen atoms in total. The fraction of sp³-hybridized carbons (Fsp3) is 0.286. The SMILES string of the molecule is Cc1cc(N2CCC2)nc(Nc2ccc(F)cc2)n1. The molecule has 0 aliphatic carbocycles. The Balaban J connectivity index is 1.83. The molecule has 0 radical (unpaired) electrons. The molecule has 0 bridgehead atoms. The highest BCUT2D eigenvalue weighted by Crippen LogP contribution is 2.21. The molecule has 1 fully saturated rings. The van der Waals surface area contributed by atoms with E-state index >= 15 is 0 Å². The van der Waals surface area contributed by atoms with Gasteiger partial charge in [0.2, 0.25) is 5.95 Å². The Hall–Kier alpha value is -2.17.